The average Bonchev–Trinajstić information content (AvgIpc) is 3.24. The molecule has 0 fully saturated rings. The lowest BCUT2D eigenvalue weighted by Crippen LogP contribution is -2.39. The van der Waals surface area contributed by atoms with Crippen LogP contribution in [0, 0.1) is 6.92 Å². The molecule has 0 saturated heterocycles. The molecule has 0 aliphatic carbocycles. The van der Waals surface area contributed by atoms with Crippen LogP contribution >= 0.6 is 0 Å². The number of amides is 1. The maximum atomic E-state index is 12.9. The van der Waals surface area contributed by atoms with Crippen molar-refractivity contribution >= 4 is 21.6 Å². The molecule has 0 N–H and O–H groups in total. The number of carbonyl (C=O) groups excluding carboxylic acids is 1. The molecule has 3 aromatic rings. The van der Waals surface area contributed by atoms with E-state index >= 15 is 0 Å². The molecule has 176 valence electrons. The summed E-state index contributed by atoms with van der Waals surface area (Å²) in [7, 11) is -0.236. The van der Waals surface area contributed by atoms with E-state index in [0.29, 0.717) is 29.6 Å². The quantitative estimate of drug-likeness (QED) is 0.471. The molecule has 1 aromatic heterocycles. The minimum atomic E-state index is -3.36. The molecule has 33 heavy (non-hydrogen) atoms. The summed E-state index contributed by atoms with van der Waals surface area (Å²) in [4.78, 5) is 18.8. The first-order valence-electron chi connectivity index (χ1n) is 10.4. The Morgan fingerprint density at radius 3 is 2.39 bits per heavy atom. The molecule has 0 spiro atoms. The fraction of sp³-hybridized carbons (Fsp3) is 0.348. The van der Waals surface area contributed by atoms with Crippen LogP contribution in [-0.4, -0.2) is 55.8 Å². The Hall–Kier alpha value is -3.40. The van der Waals surface area contributed by atoms with Crippen molar-refractivity contribution in [2.45, 2.75) is 32.9 Å². The fourth-order valence-electron chi connectivity index (χ4n) is 3.18. The van der Waals surface area contributed by atoms with E-state index in [1.54, 1.807) is 31.3 Å². The number of rotatable bonds is 9. The largest absolute Gasteiger partial charge is 0.481 e. The predicted molar refractivity (Wildman–Crippen MR) is 125 cm³/mol. The average molecular weight is 473 g/mol. The van der Waals surface area contributed by atoms with Gasteiger partial charge in [0, 0.05) is 19.7 Å². The molecule has 10 heteroatoms. The lowest BCUT2D eigenvalue weighted by molar-refractivity contribution is -0.138. The van der Waals surface area contributed by atoms with Gasteiger partial charge in [0.25, 0.3) is 5.91 Å². The van der Waals surface area contributed by atoms with Crippen molar-refractivity contribution in [3.63, 3.8) is 0 Å². The van der Waals surface area contributed by atoms with Crippen molar-refractivity contribution in [1.29, 1.82) is 0 Å². The third kappa shape index (κ3) is 5.89. The zero-order valence-electron chi connectivity index (χ0n) is 19.3. The molecule has 0 radical (unpaired) electrons. The second-order valence-corrected chi connectivity index (χ2v) is 9.77. The smallest absolute Gasteiger partial charge is 0.263 e. The van der Waals surface area contributed by atoms with Gasteiger partial charge in [-0.3, -0.25) is 9.10 Å². The highest BCUT2D eigenvalue weighted by molar-refractivity contribution is 7.92. The summed E-state index contributed by atoms with van der Waals surface area (Å²) in [5.74, 6) is 1.04. The van der Waals surface area contributed by atoms with Crippen molar-refractivity contribution in [2.75, 3.05) is 24.7 Å². The number of sulfonamides is 1. The molecule has 1 amide bonds. The van der Waals surface area contributed by atoms with E-state index in [1.165, 1.54) is 16.3 Å². The summed E-state index contributed by atoms with van der Waals surface area (Å²) in [5.41, 5.74) is 2.41. The van der Waals surface area contributed by atoms with Crippen LogP contribution in [0.25, 0.3) is 11.4 Å². The van der Waals surface area contributed by atoms with E-state index in [9.17, 15) is 13.2 Å². The Bertz CT molecular complexity index is 1210. The van der Waals surface area contributed by atoms with E-state index in [-0.39, 0.29) is 12.5 Å². The lowest BCUT2D eigenvalue weighted by Gasteiger charge is -2.23. The number of benzene rings is 2. The van der Waals surface area contributed by atoms with Crippen LogP contribution in [0.4, 0.5) is 5.69 Å². The standard InChI is InChI=1S/C23H28N4O5S/c1-6-20(31-18-13-11-17(12-14-18)27(4)33(5,29)30)23(28)26(3)15-21-24-22(25-32-21)19-10-8-7-9-16(19)2/h7-14,20H,6,15H2,1-5H3/t20-/m1/s1. The minimum Gasteiger partial charge on any atom is -0.481 e. The van der Waals surface area contributed by atoms with E-state index in [4.69, 9.17) is 9.26 Å². The van der Waals surface area contributed by atoms with E-state index in [0.717, 1.165) is 17.4 Å². The SMILES string of the molecule is CC[C@@H](Oc1ccc(N(C)S(C)(=O)=O)cc1)C(=O)N(C)Cc1nc(-c2ccccc2C)no1. The highest BCUT2D eigenvalue weighted by atomic mass is 32.2. The van der Waals surface area contributed by atoms with Crippen molar-refractivity contribution in [3.8, 4) is 17.1 Å². The summed E-state index contributed by atoms with van der Waals surface area (Å²) in [5, 5.41) is 4.03. The van der Waals surface area contributed by atoms with Crippen LogP contribution in [0.2, 0.25) is 0 Å². The van der Waals surface area contributed by atoms with Crippen molar-refractivity contribution in [1.82, 2.24) is 15.0 Å². The molecule has 2 aromatic carbocycles. The van der Waals surface area contributed by atoms with Crippen LogP contribution in [-0.2, 0) is 21.4 Å². The van der Waals surface area contributed by atoms with Crippen LogP contribution in [0.15, 0.2) is 53.1 Å². The van der Waals surface area contributed by atoms with Gasteiger partial charge in [0.2, 0.25) is 21.7 Å². The number of aryl methyl sites for hydroxylation is 1. The normalized spacial score (nSPS) is 12.3. The third-order valence-electron chi connectivity index (χ3n) is 5.23. The van der Waals surface area contributed by atoms with Crippen LogP contribution in [0.1, 0.15) is 24.8 Å². The highest BCUT2D eigenvalue weighted by Gasteiger charge is 2.24. The molecule has 0 bridgehead atoms. The van der Waals surface area contributed by atoms with Crippen molar-refractivity contribution in [2.24, 2.45) is 0 Å². The van der Waals surface area contributed by atoms with Crippen LogP contribution in [0.3, 0.4) is 0 Å². The molecular weight excluding hydrogens is 444 g/mol. The zero-order chi connectivity index (χ0) is 24.2. The van der Waals surface area contributed by atoms with E-state index < -0.39 is 16.1 Å². The predicted octanol–water partition coefficient (Wildman–Crippen LogP) is 3.26. The van der Waals surface area contributed by atoms with Gasteiger partial charge in [-0.25, -0.2) is 8.42 Å². The van der Waals surface area contributed by atoms with E-state index in [2.05, 4.69) is 10.1 Å². The first kappa shape index (κ1) is 24.2. The Labute approximate surface area is 194 Å². The summed E-state index contributed by atoms with van der Waals surface area (Å²) in [6, 6.07) is 14.3. The Morgan fingerprint density at radius 1 is 1.12 bits per heavy atom. The fourth-order valence-corrected chi connectivity index (χ4v) is 3.68. The number of likely N-dealkylation sites (N-methyl/N-ethyl adjacent to an activating group) is 1. The van der Waals surface area contributed by atoms with Gasteiger partial charge in [-0.15, -0.1) is 0 Å². The second kappa shape index (κ2) is 10.0. The minimum absolute atomic E-state index is 0.148. The summed E-state index contributed by atoms with van der Waals surface area (Å²) in [6.07, 6.45) is 0.867. The van der Waals surface area contributed by atoms with Gasteiger partial charge in [-0.1, -0.05) is 36.3 Å². The number of ether oxygens (including phenoxy) is 1. The first-order valence-corrected chi connectivity index (χ1v) is 12.3. The maximum Gasteiger partial charge on any atom is 0.263 e. The van der Waals surface area contributed by atoms with Crippen LogP contribution in [0.5, 0.6) is 5.75 Å². The van der Waals surface area contributed by atoms with Gasteiger partial charge in [0.05, 0.1) is 18.5 Å². The molecular formula is C23H28N4O5S. The summed E-state index contributed by atoms with van der Waals surface area (Å²) >= 11 is 0. The number of hydrogen-bond acceptors (Lipinski definition) is 7. The topological polar surface area (TPSA) is 106 Å². The molecule has 0 saturated carbocycles. The highest BCUT2D eigenvalue weighted by Crippen LogP contribution is 2.23. The van der Waals surface area contributed by atoms with Gasteiger partial charge in [0.15, 0.2) is 6.10 Å². The number of anilines is 1. The Balaban J connectivity index is 1.65. The van der Waals surface area contributed by atoms with Gasteiger partial charge in [-0.2, -0.15) is 4.98 Å². The number of hydrogen-bond donors (Lipinski definition) is 0. The molecule has 3 rings (SSSR count). The summed E-state index contributed by atoms with van der Waals surface area (Å²) < 4.78 is 35.7. The maximum absolute atomic E-state index is 12.9. The molecule has 9 nitrogen and oxygen atoms in total. The number of carbonyl (C=O) groups is 1. The number of aromatic nitrogens is 2. The van der Waals surface area contributed by atoms with Crippen LogP contribution < -0.4 is 9.04 Å². The molecule has 1 atom stereocenters. The molecule has 0 aliphatic heterocycles. The van der Waals surface area contributed by atoms with Crippen molar-refractivity contribution in [3.05, 3.63) is 60.0 Å². The van der Waals surface area contributed by atoms with Gasteiger partial charge < -0.3 is 14.2 Å². The second-order valence-electron chi connectivity index (χ2n) is 7.76. The third-order valence-corrected chi connectivity index (χ3v) is 6.43. The monoisotopic (exact) mass is 472 g/mol. The van der Waals surface area contributed by atoms with Crippen molar-refractivity contribution < 1.29 is 22.5 Å². The first-order chi connectivity index (χ1) is 15.6. The number of nitrogens with zero attached hydrogens (tertiary/aromatic N) is 4. The summed E-state index contributed by atoms with van der Waals surface area (Å²) in [6.45, 7) is 3.97. The lowest BCUT2D eigenvalue weighted by atomic mass is 10.1. The van der Waals surface area contributed by atoms with Gasteiger partial charge >= 0.3 is 0 Å². The Morgan fingerprint density at radius 2 is 1.79 bits per heavy atom. The molecule has 1 heterocycles. The molecule has 0 aliphatic rings. The van der Waals surface area contributed by atoms with Gasteiger partial charge in [0.1, 0.15) is 5.75 Å². The van der Waals surface area contributed by atoms with Gasteiger partial charge in [-0.05, 0) is 43.2 Å². The van der Waals surface area contributed by atoms with E-state index in [1.807, 2.05) is 38.1 Å². The Kier molecular flexibility index (Phi) is 7.37. The zero-order valence-corrected chi connectivity index (χ0v) is 20.2. The molecule has 0 unspecified atom stereocenters.